The first-order chi connectivity index (χ1) is 16.2. The molecule has 0 amide bonds. The van der Waals surface area contributed by atoms with Gasteiger partial charge in [-0.1, -0.05) is 50.2 Å². The van der Waals surface area contributed by atoms with E-state index in [1.165, 1.54) is 0 Å². The van der Waals surface area contributed by atoms with Crippen LogP contribution in [0.3, 0.4) is 0 Å². The van der Waals surface area contributed by atoms with Crippen molar-refractivity contribution in [3.63, 3.8) is 0 Å². The number of Topliss-reactive ketones (excluding diaryl/α,β-unsaturated/α-hetero) is 1. The molecular weight excluding hydrogens is 430 g/mol. The van der Waals surface area contributed by atoms with Gasteiger partial charge >= 0.3 is 5.97 Å². The molecule has 0 aromatic heterocycles. The highest BCUT2D eigenvalue weighted by molar-refractivity contribution is 6.04. The van der Waals surface area contributed by atoms with E-state index in [4.69, 9.17) is 14.2 Å². The second-order valence-electron chi connectivity index (χ2n) is 9.61. The third-order valence-corrected chi connectivity index (χ3v) is 6.41. The number of benzene rings is 2. The molecule has 1 atom stereocenters. The van der Waals surface area contributed by atoms with Crippen LogP contribution in [0.15, 0.2) is 71.1 Å². The summed E-state index contributed by atoms with van der Waals surface area (Å²) in [4.78, 5) is 26.9. The topological polar surface area (TPSA) is 73.9 Å². The van der Waals surface area contributed by atoms with Crippen LogP contribution in [-0.4, -0.2) is 26.0 Å². The van der Waals surface area contributed by atoms with Crippen LogP contribution in [0.4, 0.5) is 0 Å². The molecule has 1 aliphatic carbocycles. The maximum Gasteiger partial charge on any atom is 0.337 e. The number of ketones is 1. The lowest BCUT2D eigenvalue weighted by Gasteiger charge is -2.39. The van der Waals surface area contributed by atoms with Gasteiger partial charge in [0, 0.05) is 29.3 Å². The lowest BCUT2D eigenvalue weighted by atomic mass is 9.68. The van der Waals surface area contributed by atoms with Gasteiger partial charge in [0.25, 0.3) is 0 Å². The molecule has 0 saturated carbocycles. The zero-order chi connectivity index (χ0) is 24.5. The molecule has 0 fully saturated rings. The summed E-state index contributed by atoms with van der Waals surface area (Å²) in [6, 6.07) is 15.1. The number of allylic oxidation sites excluding steroid dienone is 3. The first-order valence-electron chi connectivity index (χ1n) is 11.4. The van der Waals surface area contributed by atoms with Crippen molar-refractivity contribution < 1.29 is 23.8 Å². The Morgan fingerprint density at radius 3 is 2.41 bits per heavy atom. The highest BCUT2D eigenvalue weighted by Gasteiger charge is 2.43. The van der Waals surface area contributed by atoms with Crippen LogP contribution in [0.1, 0.15) is 50.7 Å². The van der Waals surface area contributed by atoms with E-state index in [1.54, 1.807) is 20.3 Å². The minimum Gasteiger partial charge on any atom is -0.493 e. The number of ether oxygens (including phenoxy) is 3. The molecule has 178 valence electrons. The van der Waals surface area contributed by atoms with E-state index in [2.05, 4.69) is 19.2 Å². The minimum absolute atomic E-state index is 0.0411. The summed E-state index contributed by atoms with van der Waals surface area (Å²) in [6.07, 6.45) is 1.14. The predicted octanol–water partition coefficient (Wildman–Crippen LogP) is 5.05. The normalized spacial score (nSPS) is 19.3. The van der Waals surface area contributed by atoms with Crippen molar-refractivity contribution in [1.82, 2.24) is 5.32 Å². The largest absolute Gasteiger partial charge is 0.493 e. The summed E-state index contributed by atoms with van der Waals surface area (Å²) in [6.45, 7) is 6.19. The van der Waals surface area contributed by atoms with E-state index < -0.39 is 11.9 Å². The molecule has 0 unspecified atom stereocenters. The lowest BCUT2D eigenvalue weighted by Crippen LogP contribution is -2.38. The molecule has 1 aliphatic heterocycles. The summed E-state index contributed by atoms with van der Waals surface area (Å²) in [5, 5.41) is 3.37. The fourth-order valence-corrected chi connectivity index (χ4v) is 4.87. The van der Waals surface area contributed by atoms with Gasteiger partial charge in [-0.05, 0) is 42.0 Å². The van der Waals surface area contributed by atoms with Gasteiger partial charge in [0.05, 0.1) is 19.8 Å². The Labute approximate surface area is 200 Å². The molecule has 0 radical (unpaired) electrons. The van der Waals surface area contributed by atoms with Gasteiger partial charge in [-0.25, -0.2) is 4.79 Å². The zero-order valence-electron chi connectivity index (χ0n) is 20.4. The molecule has 2 aromatic rings. The van der Waals surface area contributed by atoms with Crippen molar-refractivity contribution in [2.24, 2.45) is 5.41 Å². The van der Waals surface area contributed by atoms with Gasteiger partial charge in [-0.15, -0.1) is 0 Å². The standard InChI is InChI=1S/C28H31NO5/c1-17-24(27(31)34-16-18-9-7-6-8-10-18)25(19-11-12-22(32-4)23(13-19)33-5)26-20(29-17)14-28(2,3)15-21(26)30/h6-13,25,29H,14-16H2,1-5H3/t25-/m1/s1. The molecule has 2 aliphatic rings. The van der Waals surface area contributed by atoms with Crippen molar-refractivity contribution in [2.75, 3.05) is 14.2 Å². The smallest absolute Gasteiger partial charge is 0.337 e. The summed E-state index contributed by atoms with van der Waals surface area (Å²) in [5.41, 5.74) is 4.16. The number of nitrogens with one attached hydrogen (secondary N) is 1. The number of dihydropyridines is 1. The SMILES string of the molecule is COc1ccc([C@@H]2C(C(=O)OCc3ccccc3)=C(C)NC3=C2C(=O)CC(C)(C)C3)cc1OC. The molecule has 0 bridgehead atoms. The number of carbonyl (C=O) groups excluding carboxylic acids is 2. The Morgan fingerprint density at radius 2 is 1.74 bits per heavy atom. The number of hydrogen-bond acceptors (Lipinski definition) is 6. The van der Waals surface area contributed by atoms with Gasteiger partial charge in [-0.3, -0.25) is 4.79 Å². The van der Waals surface area contributed by atoms with Gasteiger partial charge in [0.15, 0.2) is 17.3 Å². The van der Waals surface area contributed by atoms with E-state index in [-0.39, 0.29) is 17.8 Å². The molecule has 6 heteroatoms. The Bertz CT molecular complexity index is 1180. The highest BCUT2D eigenvalue weighted by Crippen LogP contribution is 2.47. The van der Waals surface area contributed by atoms with Gasteiger partial charge in [0.2, 0.25) is 0 Å². The number of esters is 1. The van der Waals surface area contributed by atoms with Crippen LogP contribution in [0.5, 0.6) is 11.5 Å². The molecule has 0 spiro atoms. The summed E-state index contributed by atoms with van der Waals surface area (Å²) in [5.74, 6) is 0.165. The fourth-order valence-electron chi connectivity index (χ4n) is 4.87. The maximum atomic E-state index is 13.4. The van der Waals surface area contributed by atoms with Crippen LogP contribution in [-0.2, 0) is 20.9 Å². The van der Waals surface area contributed by atoms with E-state index in [9.17, 15) is 9.59 Å². The average Bonchev–Trinajstić information content (AvgIpc) is 2.81. The minimum atomic E-state index is -0.553. The van der Waals surface area contributed by atoms with Gasteiger partial charge in [0.1, 0.15) is 6.61 Å². The predicted molar refractivity (Wildman–Crippen MR) is 129 cm³/mol. The lowest BCUT2D eigenvalue weighted by molar-refractivity contribution is -0.140. The summed E-state index contributed by atoms with van der Waals surface area (Å²) < 4.78 is 16.6. The average molecular weight is 462 g/mol. The van der Waals surface area contributed by atoms with Crippen molar-refractivity contribution in [1.29, 1.82) is 0 Å². The van der Waals surface area contributed by atoms with Gasteiger partial charge < -0.3 is 19.5 Å². The fraction of sp³-hybridized carbons (Fsp3) is 0.357. The summed E-state index contributed by atoms with van der Waals surface area (Å²) >= 11 is 0. The second-order valence-corrected chi connectivity index (χ2v) is 9.61. The molecular formula is C28H31NO5. The Balaban J connectivity index is 1.78. The van der Waals surface area contributed by atoms with Crippen molar-refractivity contribution >= 4 is 11.8 Å². The number of carbonyl (C=O) groups is 2. The molecule has 1 N–H and O–H groups in total. The third kappa shape index (κ3) is 4.58. The molecule has 0 saturated heterocycles. The number of hydrogen-bond donors (Lipinski definition) is 1. The third-order valence-electron chi connectivity index (χ3n) is 6.41. The van der Waals surface area contributed by atoms with Crippen LogP contribution < -0.4 is 14.8 Å². The zero-order valence-corrected chi connectivity index (χ0v) is 20.4. The number of rotatable bonds is 6. The van der Waals surface area contributed by atoms with Crippen LogP contribution in [0.2, 0.25) is 0 Å². The van der Waals surface area contributed by atoms with E-state index in [0.717, 1.165) is 23.2 Å². The summed E-state index contributed by atoms with van der Waals surface area (Å²) in [7, 11) is 3.14. The number of methoxy groups -OCH3 is 2. The van der Waals surface area contributed by atoms with Gasteiger partial charge in [-0.2, -0.15) is 0 Å². The monoisotopic (exact) mass is 461 g/mol. The molecule has 4 rings (SSSR count). The van der Waals surface area contributed by atoms with Crippen molar-refractivity contribution in [3.05, 3.63) is 82.2 Å². The Kier molecular flexibility index (Phi) is 6.51. The highest BCUT2D eigenvalue weighted by atomic mass is 16.5. The van der Waals surface area contributed by atoms with Crippen molar-refractivity contribution in [2.45, 2.75) is 46.1 Å². The molecule has 1 heterocycles. The van der Waals surface area contributed by atoms with E-state index in [1.807, 2.05) is 49.4 Å². The second kappa shape index (κ2) is 9.37. The van der Waals surface area contributed by atoms with Crippen LogP contribution in [0.25, 0.3) is 0 Å². The van der Waals surface area contributed by atoms with Crippen molar-refractivity contribution in [3.8, 4) is 11.5 Å². The Morgan fingerprint density at radius 1 is 1.03 bits per heavy atom. The molecule has 34 heavy (non-hydrogen) atoms. The molecule has 6 nitrogen and oxygen atoms in total. The first-order valence-corrected chi connectivity index (χ1v) is 11.4. The van der Waals surface area contributed by atoms with Crippen LogP contribution >= 0.6 is 0 Å². The van der Waals surface area contributed by atoms with E-state index >= 15 is 0 Å². The maximum absolute atomic E-state index is 13.4. The first kappa shape index (κ1) is 23.6. The quantitative estimate of drug-likeness (QED) is 0.607. The van der Waals surface area contributed by atoms with Crippen LogP contribution in [0, 0.1) is 5.41 Å². The van der Waals surface area contributed by atoms with E-state index in [0.29, 0.717) is 34.8 Å². The molecule has 2 aromatic carbocycles. The Hall–Kier alpha value is -3.54.